The molecular formula is C31H45NO6SSi. The maximum Gasteiger partial charge on any atom is 0.337 e. The zero-order chi connectivity index (χ0) is 30.0. The van der Waals surface area contributed by atoms with Crippen molar-refractivity contribution in [1.29, 1.82) is 0 Å². The molecule has 9 heteroatoms. The Kier molecular flexibility index (Phi) is 10.1. The van der Waals surface area contributed by atoms with Gasteiger partial charge in [0.15, 0.2) is 8.32 Å². The molecule has 0 aliphatic rings. The molecule has 2 atom stereocenters. The van der Waals surface area contributed by atoms with Crippen LogP contribution in [0.2, 0.25) is 18.1 Å². The molecule has 1 heterocycles. The monoisotopic (exact) mass is 587 g/mol. The molecule has 3 aromatic rings. The summed E-state index contributed by atoms with van der Waals surface area (Å²) in [5.41, 5.74) is 3.47. The summed E-state index contributed by atoms with van der Waals surface area (Å²) in [5, 5.41) is 10.6. The molecule has 40 heavy (non-hydrogen) atoms. The summed E-state index contributed by atoms with van der Waals surface area (Å²) in [6, 6.07) is 7.71. The summed E-state index contributed by atoms with van der Waals surface area (Å²) in [6.45, 7) is 19.8. The topological polar surface area (TPSA) is 87.1 Å². The fraction of sp³-hybridized carbons (Fsp3) is 0.548. The number of carboxylic acids is 1. The van der Waals surface area contributed by atoms with Crippen LogP contribution in [-0.4, -0.2) is 51.3 Å². The third-order valence-electron chi connectivity index (χ3n) is 7.60. The highest BCUT2D eigenvalue weighted by Crippen LogP contribution is 2.43. The van der Waals surface area contributed by atoms with Gasteiger partial charge in [-0.1, -0.05) is 34.6 Å². The Balaban J connectivity index is 2.18. The smallest absolute Gasteiger partial charge is 0.337 e. The largest absolute Gasteiger partial charge is 0.496 e. The van der Waals surface area contributed by atoms with Gasteiger partial charge in [-0.05, 0) is 73.3 Å². The lowest BCUT2D eigenvalue weighted by molar-refractivity contribution is -0.0416. The number of rotatable bonds is 12. The van der Waals surface area contributed by atoms with E-state index < -0.39 is 20.4 Å². The molecule has 0 radical (unpaired) electrons. The van der Waals surface area contributed by atoms with E-state index in [2.05, 4.69) is 47.7 Å². The quantitative estimate of drug-likeness (QED) is 0.215. The van der Waals surface area contributed by atoms with E-state index in [1.165, 1.54) is 11.3 Å². The maximum atomic E-state index is 12.0. The summed E-state index contributed by atoms with van der Waals surface area (Å²) < 4.78 is 26.1. The summed E-state index contributed by atoms with van der Waals surface area (Å²) >= 11 is 1.51. The lowest BCUT2D eigenvalue weighted by Crippen LogP contribution is -2.45. The summed E-state index contributed by atoms with van der Waals surface area (Å²) in [7, 11) is 1.04. The SMILES string of the molecule is COc1cc([C@@H](O[Si](C)(C)C(C)(C)C)[C@H](Cc2nc3c(C(=O)O)cc(C)cc3s2)OCC(C)C)cc(OC)c1C. The second-order valence-electron chi connectivity index (χ2n) is 12.4. The number of ether oxygens (including phenoxy) is 3. The zero-order valence-electron chi connectivity index (χ0n) is 25.8. The fourth-order valence-electron chi connectivity index (χ4n) is 4.33. The lowest BCUT2D eigenvalue weighted by Gasteiger charge is -2.41. The first kappa shape index (κ1) is 32.1. The van der Waals surface area contributed by atoms with Gasteiger partial charge in [-0.15, -0.1) is 11.3 Å². The third-order valence-corrected chi connectivity index (χ3v) is 13.1. The molecule has 1 N–H and O–H groups in total. The predicted molar refractivity (Wildman–Crippen MR) is 165 cm³/mol. The van der Waals surface area contributed by atoms with Crippen LogP contribution in [0.4, 0.5) is 0 Å². The van der Waals surface area contributed by atoms with Crippen LogP contribution >= 0.6 is 11.3 Å². The normalized spacial score (nSPS) is 14.0. The Morgan fingerprint density at radius 2 is 1.65 bits per heavy atom. The molecule has 0 unspecified atom stereocenters. The van der Waals surface area contributed by atoms with Crippen molar-refractivity contribution in [2.75, 3.05) is 20.8 Å². The van der Waals surface area contributed by atoms with Crippen LogP contribution in [0.15, 0.2) is 24.3 Å². The second kappa shape index (κ2) is 12.6. The first-order valence-electron chi connectivity index (χ1n) is 13.7. The van der Waals surface area contributed by atoms with Gasteiger partial charge < -0.3 is 23.7 Å². The van der Waals surface area contributed by atoms with E-state index in [-0.39, 0.29) is 16.7 Å². The van der Waals surface area contributed by atoms with Crippen molar-refractivity contribution in [3.8, 4) is 11.5 Å². The van der Waals surface area contributed by atoms with Gasteiger partial charge in [-0.25, -0.2) is 9.78 Å². The number of carbonyl (C=O) groups is 1. The van der Waals surface area contributed by atoms with Crippen LogP contribution in [0.25, 0.3) is 10.2 Å². The van der Waals surface area contributed by atoms with E-state index in [4.69, 9.17) is 23.6 Å². The van der Waals surface area contributed by atoms with E-state index in [0.717, 1.165) is 37.9 Å². The van der Waals surface area contributed by atoms with Gasteiger partial charge in [0.05, 0.1) is 47.2 Å². The van der Waals surface area contributed by atoms with Gasteiger partial charge in [0.1, 0.15) is 11.5 Å². The number of benzene rings is 2. The Bertz CT molecular complexity index is 1320. The molecule has 2 aromatic carbocycles. The van der Waals surface area contributed by atoms with Gasteiger partial charge in [-0.2, -0.15) is 0 Å². The Hall–Kier alpha value is -2.46. The summed E-state index contributed by atoms with van der Waals surface area (Å²) in [6.07, 6.45) is -0.318. The molecule has 0 aliphatic heterocycles. The van der Waals surface area contributed by atoms with Crippen LogP contribution in [-0.2, 0) is 15.6 Å². The van der Waals surface area contributed by atoms with Crippen molar-refractivity contribution in [1.82, 2.24) is 4.98 Å². The molecule has 0 saturated heterocycles. The molecule has 220 valence electrons. The molecule has 3 rings (SSSR count). The molecular weight excluding hydrogens is 542 g/mol. The number of methoxy groups -OCH3 is 2. The second-order valence-corrected chi connectivity index (χ2v) is 18.3. The minimum atomic E-state index is -2.28. The number of aromatic nitrogens is 1. The van der Waals surface area contributed by atoms with Crippen molar-refractivity contribution in [2.24, 2.45) is 5.92 Å². The molecule has 1 aromatic heterocycles. The number of carboxylic acid groups (broad SMARTS) is 1. The fourth-order valence-corrected chi connectivity index (χ4v) is 6.74. The van der Waals surface area contributed by atoms with Gasteiger partial charge >= 0.3 is 5.97 Å². The minimum Gasteiger partial charge on any atom is -0.496 e. The molecule has 0 fully saturated rings. The number of aryl methyl sites for hydroxylation is 1. The van der Waals surface area contributed by atoms with Crippen molar-refractivity contribution in [3.63, 3.8) is 0 Å². The third kappa shape index (κ3) is 7.24. The van der Waals surface area contributed by atoms with Gasteiger partial charge in [-0.3, -0.25) is 0 Å². The van der Waals surface area contributed by atoms with Crippen molar-refractivity contribution in [2.45, 2.75) is 85.2 Å². The lowest BCUT2D eigenvalue weighted by atomic mass is 9.99. The Morgan fingerprint density at radius 3 is 2.15 bits per heavy atom. The first-order valence-corrected chi connectivity index (χ1v) is 17.5. The summed E-state index contributed by atoms with van der Waals surface area (Å²) in [4.78, 5) is 16.8. The number of hydrogen-bond donors (Lipinski definition) is 1. The Labute approximate surface area is 244 Å². The molecule has 0 amide bonds. The number of thiazole rings is 1. The van der Waals surface area contributed by atoms with Crippen LogP contribution in [0, 0.1) is 19.8 Å². The number of fused-ring (bicyclic) bond motifs is 1. The van der Waals surface area contributed by atoms with E-state index in [1.54, 1.807) is 20.3 Å². The standard InChI is InChI=1S/C31H45NO6SSi/c1-18(2)17-37-25(16-27-32-28-22(30(33)34)12-19(3)13-26(28)39-27)29(38-40(10,11)31(5,6)7)21-14-23(35-8)20(4)24(15-21)36-9/h12-15,18,25,29H,16-17H2,1-11H3,(H,33,34)/t25-,29+/m0/s1. The van der Waals surface area contributed by atoms with Gasteiger partial charge in [0.25, 0.3) is 0 Å². The first-order chi connectivity index (χ1) is 18.6. The molecule has 0 bridgehead atoms. The highest BCUT2D eigenvalue weighted by molar-refractivity contribution is 7.18. The molecule has 0 spiro atoms. The van der Waals surface area contributed by atoms with Gasteiger partial charge in [0.2, 0.25) is 0 Å². The van der Waals surface area contributed by atoms with E-state index in [9.17, 15) is 9.90 Å². The zero-order valence-corrected chi connectivity index (χ0v) is 27.6. The number of aromatic carboxylic acids is 1. The predicted octanol–water partition coefficient (Wildman–Crippen LogP) is 7.98. The molecule has 7 nitrogen and oxygen atoms in total. The minimum absolute atomic E-state index is 0.0313. The van der Waals surface area contributed by atoms with E-state index >= 15 is 0 Å². The number of nitrogens with zero attached hydrogens (tertiary/aromatic N) is 1. The van der Waals surface area contributed by atoms with E-state index in [1.807, 2.05) is 32.0 Å². The van der Waals surface area contributed by atoms with Crippen LogP contribution < -0.4 is 9.47 Å². The van der Waals surface area contributed by atoms with Crippen LogP contribution in [0.3, 0.4) is 0 Å². The van der Waals surface area contributed by atoms with Gasteiger partial charge in [0, 0.05) is 18.6 Å². The van der Waals surface area contributed by atoms with Crippen molar-refractivity contribution >= 4 is 35.8 Å². The highest BCUT2D eigenvalue weighted by atomic mass is 32.1. The van der Waals surface area contributed by atoms with Crippen molar-refractivity contribution in [3.05, 3.63) is 51.5 Å². The molecule has 0 saturated carbocycles. The highest BCUT2D eigenvalue weighted by Gasteiger charge is 2.42. The molecule has 0 aliphatic carbocycles. The van der Waals surface area contributed by atoms with E-state index in [0.29, 0.717) is 24.5 Å². The average Bonchev–Trinajstić information content (AvgIpc) is 3.26. The van der Waals surface area contributed by atoms with Crippen LogP contribution in [0.1, 0.15) is 72.8 Å². The summed E-state index contributed by atoms with van der Waals surface area (Å²) in [5.74, 6) is 0.788. The number of hydrogen-bond acceptors (Lipinski definition) is 7. The van der Waals surface area contributed by atoms with Crippen LogP contribution in [0.5, 0.6) is 11.5 Å². The Morgan fingerprint density at radius 1 is 1.05 bits per heavy atom. The average molecular weight is 588 g/mol. The maximum absolute atomic E-state index is 12.0. The van der Waals surface area contributed by atoms with Crippen molar-refractivity contribution < 1.29 is 28.5 Å².